The van der Waals surface area contributed by atoms with Crippen LogP contribution in [-0.4, -0.2) is 56.4 Å². The molecule has 2 aliphatic rings. The van der Waals surface area contributed by atoms with Gasteiger partial charge >= 0.3 is 5.69 Å². The first-order chi connectivity index (χ1) is 14.1. The molecule has 0 saturated carbocycles. The summed E-state index contributed by atoms with van der Waals surface area (Å²) in [6, 6.07) is 9.87. The van der Waals surface area contributed by atoms with Crippen LogP contribution in [0, 0.1) is 0 Å². The van der Waals surface area contributed by atoms with Crippen LogP contribution in [0.5, 0.6) is 0 Å². The molecule has 160 valence electrons. The van der Waals surface area contributed by atoms with Gasteiger partial charge in [-0.2, -0.15) is 16.7 Å². The molecule has 0 amide bonds. The minimum Gasteiger partial charge on any atom is -0.340 e. The second-order valence-electron chi connectivity index (χ2n) is 7.60. The molecule has 5 rings (SSSR count). The molecule has 30 heavy (non-hydrogen) atoms. The van der Waals surface area contributed by atoms with Crippen molar-refractivity contribution in [2.75, 3.05) is 42.6 Å². The highest BCUT2D eigenvalue weighted by atomic mass is 35.5. The SMILES string of the molecule is Cl.Cn1c(=O)n(Cc2ccccc2)c(=O)c2c1nc(N1CCNCC1)n2C1CSC1. The predicted molar refractivity (Wildman–Crippen MR) is 123 cm³/mol. The number of aryl methyl sites for hydroxylation is 1. The number of piperazine rings is 1. The number of hydrogen-bond donors (Lipinski definition) is 1. The number of imidazole rings is 1. The lowest BCUT2D eigenvalue weighted by Crippen LogP contribution is -2.45. The van der Waals surface area contributed by atoms with Crippen LogP contribution in [0.3, 0.4) is 0 Å². The zero-order valence-electron chi connectivity index (χ0n) is 16.8. The van der Waals surface area contributed by atoms with Gasteiger partial charge in [-0.15, -0.1) is 12.4 Å². The zero-order chi connectivity index (χ0) is 20.0. The van der Waals surface area contributed by atoms with E-state index in [1.807, 2.05) is 42.1 Å². The van der Waals surface area contributed by atoms with E-state index in [1.54, 1.807) is 7.05 Å². The average Bonchev–Trinajstić information content (AvgIpc) is 3.10. The first kappa shape index (κ1) is 21.0. The highest BCUT2D eigenvalue weighted by Gasteiger charge is 2.31. The maximum absolute atomic E-state index is 13.5. The lowest BCUT2D eigenvalue weighted by molar-refractivity contribution is 0.544. The number of halogens is 1. The van der Waals surface area contributed by atoms with Gasteiger partial charge in [-0.1, -0.05) is 30.3 Å². The molecule has 2 aliphatic heterocycles. The van der Waals surface area contributed by atoms with Crippen molar-refractivity contribution < 1.29 is 0 Å². The molecule has 0 radical (unpaired) electrons. The zero-order valence-corrected chi connectivity index (χ0v) is 18.4. The molecular weight excluding hydrogens is 424 g/mol. The summed E-state index contributed by atoms with van der Waals surface area (Å²) in [6.07, 6.45) is 0. The first-order valence-electron chi connectivity index (χ1n) is 9.94. The van der Waals surface area contributed by atoms with Crippen LogP contribution < -0.4 is 21.5 Å². The van der Waals surface area contributed by atoms with Crippen molar-refractivity contribution in [3.05, 3.63) is 56.7 Å². The molecule has 2 fully saturated rings. The largest absolute Gasteiger partial charge is 0.340 e. The monoisotopic (exact) mass is 448 g/mol. The highest BCUT2D eigenvalue weighted by molar-refractivity contribution is 8.00. The number of rotatable bonds is 4. The second kappa shape index (κ2) is 8.49. The third-order valence-corrected chi connectivity index (χ3v) is 6.97. The van der Waals surface area contributed by atoms with Crippen LogP contribution >= 0.6 is 24.2 Å². The minimum atomic E-state index is -0.328. The van der Waals surface area contributed by atoms with Crippen LogP contribution in [0.25, 0.3) is 11.2 Å². The van der Waals surface area contributed by atoms with E-state index in [4.69, 9.17) is 4.98 Å². The number of nitrogens with one attached hydrogen (secondary N) is 1. The van der Waals surface area contributed by atoms with Crippen LogP contribution in [0.2, 0.25) is 0 Å². The van der Waals surface area contributed by atoms with E-state index in [9.17, 15) is 9.59 Å². The summed E-state index contributed by atoms with van der Waals surface area (Å²) in [5, 5.41) is 3.36. The summed E-state index contributed by atoms with van der Waals surface area (Å²) in [7, 11) is 1.71. The van der Waals surface area contributed by atoms with E-state index in [0.717, 1.165) is 49.2 Å². The van der Waals surface area contributed by atoms with E-state index in [2.05, 4.69) is 14.8 Å². The van der Waals surface area contributed by atoms with Crippen molar-refractivity contribution in [1.82, 2.24) is 24.0 Å². The normalized spacial score (nSPS) is 17.0. The summed E-state index contributed by atoms with van der Waals surface area (Å²) in [5.74, 6) is 2.74. The Kier molecular flexibility index (Phi) is 5.95. The molecule has 0 spiro atoms. The quantitative estimate of drug-likeness (QED) is 0.643. The Morgan fingerprint density at radius 2 is 1.83 bits per heavy atom. The van der Waals surface area contributed by atoms with E-state index < -0.39 is 0 Å². The Morgan fingerprint density at radius 3 is 2.47 bits per heavy atom. The van der Waals surface area contributed by atoms with Crippen LogP contribution in [0.4, 0.5) is 5.95 Å². The van der Waals surface area contributed by atoms with Gasteiger partial charge in [0, 0.05) is 44.7 Å². The number of aromatic nitrogens is 4. The third-order valence-electron chi connectivity index (χ3n) is 5.73. The van der Waals surface area contributed by atoms with Gasteiger partial charge in [-0.25, -0.2) is 4.79 Å². The van der Waals surface area contributed by atoms with Gasteiger partial charge in [-0.05, 0) is 5.56 Å². The number of hydrogen-bond acceptors (Lipinski definition) is 6. The lowest BCUT2D eigenvalue weighted by Gasteiger charge is -2.33. The van der Waals surface area contributed by atoms with Crippen LogP contribution in [0.15, 0.2) is 39.9 Å². The number of fused-ring (bicyclic) bond motifs is 1. The van der Waals surface area contributed by atoms with Crippen molar-refractivity contribution >= 4 is 41.3 Å². The average molecular weight is 449 g/mol. The van der Waals surface area contributed by atoms with Gasteiger partial charge < -0.3 is 10.2 Å². The van der Waals surface area contributed by atoms with Gasteiger partial charge in [-0.3, -0.25) is 18.5 Å². The minimum absolute atomic E-state index is 0. The van der Waals surface area contributed by atoms with Gasteiger partial charge in [0.1, 0.15) is 0 Å². The predicted octanol–water partition coefficient (Wildman–Crippen LogP) is 1.06. The molecule has 0 unspecified atom stereocenters. The highest BCUT2D eigenvalue weighted by Crippen LogP contribution is 2.35. The van der Waals surface area contributed by atoms with Crippen molar-refractivity contribution in [2.24, 2.45) is 7.05 Å². The van der Waals surface area contributed by atoms with Crippen molar-refractivity contribution in [3.63, 3.8) is 0 Å². The Bertz CT molecular complexity index is 1160. The lowest BCUT2D eigenvalue weighted by atomic mass is 10.2. The smallest absolute Gasteiger partial charge is 0.332 e. The topological polar surface area (TPSA) is 77.1 Å². The molecule has 1 N–H and O–H groups in total. The first-order valence-corrected chi connectivity index (χ1v) is 11.1. The van der Waals surface area contributed by atoms with E-state index in [1.165, 1.54) is 9.13 Å². The van der Waals surface area contributed by atoms with Crippen LogP contribution in [0.1, 0.15) is 11.6 Å². The van der Waals surface area contributed by atoms with E-state index in [0.29, 0.717) is 11.2 Å². The van der Waals surface area contributed by atoms with Gasteiger partial charge in [0.15, 0.2) is 11.2 Å². The summed E-state index contributed by atoms with van der Waals surface area (Å²) in [6.45, 7) is 3.72. The Hall–Kier alpha value is -2.23. The van der Waals surface area contributed by atoms with Gasteiger partial charge in [0.05, 0.1) is 12.6 Å². The Labute approximate surface area is 184 Å². The molecule has 2 saturated heterocycles. The second-order valence-corrected chi connectivity index (χ2v) is 8.68. The van der Waals surface area contributed by atoms with Gasteiger partial charge in [0.25, 0.3) is 5.56 Å². The number of nitrogens with zero attached hydrogens (tertiary/aromatic N) is 5. The molecule has 8 nitrogen and oxygen atoms in total. The summed E-state index contributed by atoms with van der Waals surface area (Å²) < 4.78 is 4.96. The molecule has 4 heterocycles. The van der Waals surface area contributed by atoms with Crippen molar-refractivity contribution in [3.8, 4) is 0 Å². The molecule has 0 atom stereocenters. The van der Waals surface area contributed by atoms with Crippen molar-refractivity contribution in [2.45, 2.75) is 12.6 Å². The Balaban J connectivity index is 0.00000218. The summed E-state index contributed by atoms with van der Waals surface area (Å²) in [4.78, 5) is 33.6. The summed E-state index contributed by atoms with van der Waals surface area (Å²) >= 11 is 1.87. The molecule has 3 aromatic rings. The standard InChI is InChI=1S/C20H24N6O2S.ClH/c1-23-17-16(18(27)25(20(23)28)11-14-5-3-2-4-6-14)26(15-12-29-13-15)19(22-17)24-9-7-21-8-10-24;/h2-6,15,21H,7-13H2,1H3;1H. The molecule has 1 aromatic carbocycles. The maximum atomic E-state index is 13.5. The van der Waals surface area contributed by atoms with E-state index >= 15 is 0 Å². The fourth-order valence-corrected chi connectivity index (χ4v) is 4.78. The number of anilines is 1. The molecule has 0 aliphatic carbocycles. The fourth-order valence-electron chi connectivity index (χ4n) is 4.04. The van der Waals surface area contributed by atoms with Gasteiger partial charge in [0.2, 0.25) is 5.95 Å². The summed E-state index contributed by atoms with van der Waals surface area (Å²) in [5.41, 5.74) is 1.37. The van der Waals surface area contributed by atoms with Crippen molar-refractivity contribution in [1.29, 1.82) is 0 Å². The molecule has 10 heteroatoms. The van der Waals surface area contributed by atoms with E-state index in [-0.39, 0.29) is 36.2 Å². The maximum Gasteiger partial charge on any atom is 0.332 e. The fraction of sp³-hybridized carbons (Fsp3) is 0.450. The molecule has 2 aromatic heterocycles. The molecule has 0 bridgehead atoms. The number of thioether (sulfide) groups is 1. The molecular formula is C20H25ClN6O2S. The Morgan fingerprint density at radius 1 is 1.13 bits per heavy atom. The van der Waals surface area contributed by atoms with Crippen LogP contribution in [-0.2, 0) is 13.6 Å². The number of benzene rings is 1. The third kappa shape index (κ3) is 3.44.